The van der Waals surface area contributed by atoms with Gasteiger partial charge < -0.3 is 14.7 Å². The first-order chi connectivity index (χ1) is 6.05. The van der Waals surface area contributed by atoms with Gasteiger partial charge in [0.2, 0.25) is 0 Å². The smallest absolute Gasteiger partial charge is 0.0997 e. The molecule has 2 aliphatic heterocycles. The van der Waals surface area contributed by atoms with Crippen LogP contribution in [0.2, 0.25) is 0 Å². The summed E-state index contributed by atoms with van der Waals surface area (Å²) in [6, 6.07) is 0. The van der Waals surface area contributed by atoms with Crippen molar-refractivity contribution in [2.75, 3.05) is 40.0 Å². The molecule has 0 radical (unpaired) electrons. The third-order valence-electron chi connectivity index (χ3n) is 2.65. The van der Waals surface area contributed by atoms with Crippen LogP contribution in [-0.2, 0) is 4.74 Å². The molecule has 4 nitrogen and oxygen atoms in total. The average Bonchev–Trinajstić information content (AvgIpc) is 1.91. The summed E-state index contributed by atoms with van der Waals surface area (Å²) in [5.41, 5.74) is -0.472. The van der Waals surface area contributed by atoms with Crippen LogP contribution in [0.3, 0.4) is 0 Å². The van der Waals surface area contributed by atoms with E-state index in [0.717, 1.165) is 26.2 Å². The summed E-state index contributed by atoms with van der Waals surface area (Å²) in [6.45, 7) is 6.12. The summed E-state index contributed by atoms with van der Waals surface area (Å²) in [5, 5.41) is 9.46. The number of likely N-dealkylation sites (N-methyl/N-ethyl adjacent to an activating group) is 1. The second kappa shape index (κ2) is 3.20. The molecular formula is C9H18N2O2. The van der Waals surface area contributed by atoms with Crippen molar-refractivity contribution < 1.29 is 9.84 Å². The van der Waals surface area contributed by atoms with Gasteiger partial charge in [-0.25, -0.2) is 0 Å². The lowest BCUT2D eigenvalue weighted by molar-refractivity contribution is -0.155. The fourth-order valence-electron chi connectivity index (χ4n) is 1.97. The summed E-state index contributed by atoms with van der Waals surface area (Å²) in [6.07, 6.45) is 0.413. The Bertz CT molecular complexity index is 182. The second-order valence-corrected chi connectivity index (χ2v) is 4.62. The molecule has 0 bridgehead atoms. The molecule has 0 aliphatic carbocycles. The molecule has 0 amide bonds. The third kappa shape index (κ3) is 2.20. The fraction of sp³-hybridized carbons (Fsp3) is 1.00. The lowest BCUT2D eigenvalue weighted by atomic mass is 9.98. The van der Waals surface area contributed by atoms with Crippen molar-refractivity contribution in [3.63, 3.8) is 0 Å². The van der Waals surface area contributed by atoms with Gasteiger partial charge in [-0.1, -0.05) is 0 Å². The Hall–Kier alpha value is -0.160. The van der Waals surface area contributed by atoms with Gasteiger partial charge >= 0.3 is 0 Å². The van der Waals surface area contributed by atoms with E-state index in [-0.39, 0.29) is 0 Å². The van der Waals surface area contributed by atoms with Crippen molar-refractivity contribution in [2.24, 2.45) is 0 Å². The van der Waals surface area contributed by atoms with Gasteiger partial charge in [0.25, 0.3) is 0 Å². The summed E-state index contributed by atoms with van der Waals surface area (Å²) < 4.78 is 5.62. The Balaban J connectivity index is 1.55. The highest BCUT2D eigenvalue weighted by atomic mass is 16.5. The first-order valence-corrected chi connectivity index (χ1v) is 4.80. The Morgan fingerprint density at radius 3 is 2.54 bits per heavy atom. The number of aliphatic hydroxyl groups is 1. The number of nitrogens with zero attached hydrogens (tertiary/aromatic N) is 2. The van der Waals surface area contributed by atoms with Crippen molar-refractivity contribution in [3.8, 4) is 0 Å². The van der Waals surface area contributed by atoms with Crippen molar-refractivity contribution in [1.29, 1.82) is 0 Å². The predicted molar refractivity (Wildman–Crippen MR) is 49.4 cm³/mol. The molecule has 2 aliphatic rings. The highest BCUT2D eigenvalue weighted by Gasteiger charge is 2.37. The first kappa shape index (κ1) is 9.40. The number of rotatable bonds is 3. The van der Waals surface area contributed by atoms with Gasteiger partial charge in [-0.2, -0.15) is 0 Å². The maximum absolute atomic E-state index is 9.46. The number of likely N-dealkylation sites (tertiary alicyclic amines) is 2. The quantitative estimate of drug-likeness (QED) is 0.635. The van der Waals surface area contributed by atoms with Gasteiger partial charge in [0.05, 0.1) is 18.4 Å². The van der Waals surface area contributed by atoms with Crippen molar-refractivity contribution in [2.45, 2.75) is 18.6 Å². The van der Waals surface area contributed by atoms with Gasteiger partial charge in [0.15, 0.2) is 0 Å². The summed E-state index contributed by atoms with van der Waals surface area (Å²) in [7, 11) is 2.09. The minimum Gasteiger partial charge on any atom is -0.388 e. The summed E-state index contributed by atoms with van der Waals surface area (Å²) in [4.78, 5) is 4.36. The normalized spacial score (nSPS) is 29.8. The standard InChI is InChI=1S/C9H18N2O2/c1-9(12)5-11(6-9)7-13-8-3-10(2)4-8/h8,12H,3-7H2,1-2H3. The molecule has 0 aromatic carbocycles. The van der Waals surface area contributed by atoms with E-state index in [9.17, 15) is 5.11 Å². The topological polar surface area (TPSA) is 35.9 Å². The van der Waals surface area contributed by atoms with E-state index in [1.807, 2.05) is 6.92 Å². The maximum Gasteiger partial charge on any atom is 0.0997 e. The van der Waals surface area contributed by atoms with Gasteiger partial charge in [0.1, 0.15) is 0 Å². The molecule has 0 saturated carbocycles. The first-order valence-electron chi connectivity index (χ1n) is 4.80. The third-order valence-corrected chi connectivity index (χ3v) is 2.65. The lowest BCUT2D eigenvalue weighted by Gasteiger charge is -2.45. The van der Waals surface area contributed by atoms with Gasteiger partial charge in [0, 0.05) is 26.2 Å². The minimum absolute atomic E-state index is 0.413. The fourth-order valence-corrected chi connectivity index (χ4v) is 1.97. The zero-order valence-electron chi connectivity index (χ0n) is 8.36. The number of ether oxygens (including phenoxy) is 1. The Morgan fingerprint density at radius 2 is 2.08 bits per heavy atom. The van der Waals surface area contributed by atoms with Gasteiger partial charge in [-0.3, -0.25) is 4.90 Å². The van der Waals surface area contributed by atoms with Crippen LogP contribution in [0.5, 0.6) is 0 Å². The highest BCUT2D eigenvalue weighted by molar-refractivity contribution is 4.90. The molecule has 0 aromatic rings. The summed E-state index contributed by atoms with van der Waals surface area (Å²) in [5.74, 6) is 0. The van der Waals surface area contributed by atoms with Crippen LogP contribution in [0.4, 0.5) is 0 Å². The molecule has 0 aromatic heterocycles. The predicted octanol–water partition coefficient (Wildman–Crippen LogP) is -0.659. The van der Waals surface area contributed by atoms with Crippen LogP contribution in [0.15, 0.2) is 0 Å². The average molecular weight is 186 g/mol. The molecule has 2 rings (SSSR count). The number of hydrogen-bond acceptors (Lipinski definition) is 4. The monoisotopic (exact) mass is 186 g/mol. The molecule has 1 N–H and O–H groups in total. The van der Waals surface area contributed by atoms with Crippen molar-refractivity contribution in [1.82, 2.24) is 9.80 Å². The molecule has 0 unspecified atom stereocenters. The summed E-state index contributed by atoms with van der Waals surface area (Å²) >= 11 is 0. The van der Waals surface area contributed by atoms with E-state index in [2.05, 4.69) is 16.8 Å². The molecule has 0 spiro atoms. The molecule has 4 heteroatoms. The highest BCUT2D eigenvalue weighted by Crippen LogP contribution is 2.20. The van der Waals surface area contributed by atoms with Crippen LogP contribution in [0.1, 0.15) is 6.92 Å². The number of β-amino-alcohol motifs (C(OH)–C–C–N with tert-alkyl or cyclic N) is 1. The molecule has 0 atom stereocenters. The Morgan fingerprint density at radius 1 is 1.46 bits per heavy atom. The van der Waals surface area contributed by atoms with Crippen LogP contribution in [0, 0.1) is 0 Å². The van der Waals surface area contributed by atoms with Crippen LogP contribution in [-0.4, -0.2) is 66.6 Å². The Kier molecular flexibility index (Phi) is 2.32. The second-order valence-electron chi connectivity index (χ2n) is 4.62. The largest absolute Gasteiger partial charge is 0.388 e. The Labute approximate surface area is 79.1 Å². The van der Waals surface area contributed by atoms with E-state index in [0.29, 0.717) is 12.8 Å². The van der Waals surface area contributed by atoms with E-state index < -0.39 is 5.60 Å². The maximum atomic E-state index is 9.46. The van der Waals surface area contributed by atoms with Crippen LogP contribution in [0.25, 0.3) is 0 Å². The zero-order valence-corrected chi connectivity index (χ0v) is 8.36. The van der Waals surface area contributed by atoms with E-state index in [1.54, 1.807) is 0 Å². The van der Waals surface area contributed by atoms with E-state index >= 15 is 0 Å². The van der Waals surface area contributed by atoms with E-state index in [4.69, 9.17) is 4.74 Å². The lowest BCUT2D eigenvalue weighted by Crippen LogP contribution is -2.61. The SMILES string of the molecule is CN1CC(OCN2CC(C)(O)C2)C1. The molecule has 13 heavy (non-hydrogen) atoms. The molecule has 2 heterocycles. The van der Waals surface area contributed by atoms with Crippen LogP contribution >= 0.6 is 0 Å². The van der Waals surface area contributed by atoms with Gasteiger partial charge in [-0.05, 0) is 14.0 Å². The van der Waals surface area contributed by atoms with Crippen molar-refractivity contribution in [3.05, 3.63) is 0 Å². The zero-order chi connectivity index (χ0) is 9.47. The molecular weight excluding hydrogens is 168 g/mol. The van der Waals surface area contributed by atoms with E-state index in [1.165, 1.54) is 0 Å². The molecule has 76 valence electrons. The van der Waals surface area contributed by atoms with Crippen molar-refractivity contribution >= 4 is 0 Å². The number of hydrogen-bond donors (Lipinski definition) is 1. The van der Waals surface area contributed by atoms with Gasteiger partial charge in [-0.15, -0.1) is 0 Å². The molecule has 2 saturated heterocycles. The minimum atomic E-state index is -0.472. The molecule has 2 fully saturated rings. The van der Waals surface area contributed by atoms with Crippen LogP contribution < -0.4 is 0 Å².